The molecule has 0 spiro atoms. The zero-order chi connectivity index (χ0) is 14.0. The molecule has 0 unspecified atom stereocenters. The summed E-state index contributed by atoms with van der Waals surface area (Å²) < 4.78 is 32.0. The molecular weight excluding hydrogens is 260 g/mol. The van der Waals surface area contributed by atoms with Gasteiger partial charge in [0.25, 0.3) is 0 Å². The van der Waals surface area contributed by atoms with Gasteiger partial charge in [0.15, 0.2) is 0 Å². The third-order valence-corrected chi connectivity index (χ3v) is 2.85. The number of benzene rings is 2. The molecular formula is C16H11F2NO. The van der Waals surface area contributed by atoms with Crippen molar-refractivity contribution in [2.45, 2.75) is 6.11 Å². The zero-order valence-corrected chi connectivity index (χ0v) is 10.5. The van der Waals surface area contributed by atoms with E-state index in [4.69, 9.17) is 0 Å². The van der Waals surface area contributed by atoms with Gasteiger partial charge in [0.1, 0.15) is 0 Å². The lowest BCUT2D eigenvalue weighted by Gasteiger charge is -2.21. The Balaban J connectivity index is 2.05. The van der Waals surface area contributed by atoms with E-state index in [-0.39, 0.29) is 11.6 Å². The van der Waals surface area contributed by atoms with Gasteiger partial charge in [-0.05, 0) is 12.1 Å². The fourth-order valence-corrected chi connectivity index (χ4v) is 1.94. The second-order valence-electron chi connectivity index (χ2n) is 4.34. The molecule has 20 heavy (non-hydrogen) atoms. The fraction of sp³-hybridized carbons (Fsp3) is 0.0625. The van der Waals surface area contributed by atoms with Crippen molar-refractivity contribution < 1.29 is 13.5 Å². The highest BCUT2D eigenvalue weighted by Gasteiger charge is 2.35. The molecule has 0 fully saturated rings. The first-order valence-corrected chi connectivity index (χ1v) is 6.13. The van der Waals surface area contributed by atoms with Gasteiger partial charge in [-0.15, -0.1) is 0 Å². The summed E-state index contributed by atoms with van der Waals surface area (Å²) in [5.41, 5.74) is 1.36. The number of nitrogens with zero attached hydrogens (tertiary/aromatic N) is 1. The first-order valence-electron chi connectivity index (χ1n) is 6.13. The normalized spacial score (nSPS) is 16.9. The number of halogens is 2. The Bertz CT molecular complexity index is 663. The van der Waals surface area contributed by atoms with Crippen LogP contribution in [0.25, 0.3) is 5.70 Å². The molecule has 1 aliphatic rings. The molecule has 3 rings (SSSR count). The molecule has 1 aliphatic heterocycles. The molecule has 0 bridgehead atoms. The lowest BCUT2D eigenvalue weighted by Crippen LogP contribution is -2.26. The molecule has 0 aliphatic carbocycles. The Kier molecular flexibility index (Phi) is 3.06. The molecule has 0 atom stereocenters. The van der Waals surface area contributed by atoms with E-state index in [2.05, 4.69) is 9.73 Å². The van der Waals surface area contributed by atoms with Gasteiger partial charge in [0, 0.05) is 11.1 Å². The van der Waals surface area contributed by atoms with E-state index in [1.54, 1.807) is 54.6 Å². The Morgan fingerprint density at radius 2 is 1.35 bits per heavy atom. The molecule has 0 saturated heterocycles. The molecule has 1 heterocycles. The average Bonchev–Trinajstić information content (AvgIpc) is 2.47. The second kappa shape index (κ2) is 4.89. The minimum atomic E-state index is -3.36. The Labute approximate surface area is 115 Å². The van der Waals surface area contributed by atoms with Gasteiger partial charge in [-0.3, -0.25) is 0 Å². The summed E-state index contributed by atoms with van der Waals surface area (Å²) in [4.78, 5) is 4.19. The van der Waals surface area contributed by atoms with Crippen LogP contribution in [-0.2, 0) is 4.74 Å². The fourth-order valence-electron chi connectivity index (χ4n) is 1.94. The van der Waals surface area contributed by atoms with Crippen LogP contribution in [0.15, 0.2) is 71.7 Å². The maximum atomic E-state index is 13.7. The van der Waals surface area contributed by atoms with E-state index >= 15 is 0 Å². The molecule has 2 nitrogen and oxygen atoms in total. The summed E-state index contributed by atoms with van der Waals surface area (Å²) in [6.07, 6.45) is -2.63. The van der Waals surface area contributed by atoms with Crippen LogP contribution in [0.3, 0.4) is 0 Å². The monoisotopic (exact) mass is 271 g/mol. The molecule has 0 N–H and O–H groups in total. The number of ether oxygens (including phenoxy) is 1. The van der Waals surface area contributed by atoms with Crippen molar-refractivity contribution in [1.29, 1.82) is 0 Å². The van der Waals surface area contributed by atoms with Crippen LogP contribution in [-0.4, -0.2) is 12.0 Å². The molecule has 0 amide bonds. The van der Waals surface area contributed by atoms with E-state index in [9.17, 15) is 8.78 Å². The van der Waals surface area contributed by atoms with Crippen LogP contribution < -0.4 is 0 Å². The lowest BCUT2D eigenvalue weighted by atomic mass is 10.1. The van der Waals surface area contributed by atoms with Gasteiger partial charge in [0.05, 0.1) is 11.8 Å². The number of rotatable bonds is 2. The third kappa shape index (κ3) is 2.59. The summed E-state index contributed by atoms with van der Waals surface area (Å²) in [7, 11) is 0. The molecule has 100 valence electrons. The average molecular weight is 271 g/mol. The Hall–Kier alpha value is -2.49. The first kappa shape index (κ1) is 12.5. The van der Waals surface area contributed by atoms with Crippen LogP contribution in [0.4, 0.5) is 8.78 Å². The van der Waals surface area contributed by atoms with Gasteiger partial charge in [0.2, 0.25) is 5.90 Å². The van der Waals surface area contributed by atoms with Crippen molar-refractivity contribution in [3.8, 4) is 0 Å². The smallest absolute Gasteiger partial charge is 0.411 e. The molecule has 0 aromatic heterocycles. The summed E-state index contributed by atoms with van der Waals surface area (Å²) in [6, 6.07) is 17.5. The summed E-state index contributed by atoms with van der Waals surface area (Å²) in [5.74, 6) is -0.0723. The van der Waals surface area contributed by atoms with Crippen LogP contribution in [0.2, 0.25) is 0 Å². The highest BCUT2D eigenvalue weighted by atomic mass is 19.3. The highest BCUT2D eigenvalue weighted by molar-refractivity contribution is 5.98. The number of hydrogen-bond acceptors (Lipinski definition) is 2. The minimum Gasteiger partial charge on any atom is -0.411 e. The summed E-state index contributed by atoms with van der Waals surface area (Å²) in [5, 5.41) is 0. The summed E-state index contributed by atoms with van der Waals surface area (Å²) in [6.45, 7) is 0. The third-order valence-electron chi connectivity index (χ3n) is 2.85. The summed E-state index contributed by atoms with van der Waals surface area (Å²) >= 11 is 0. The van der Waals surface area contributed by atoms with Crippen molar-refractivity contribution in [3.63, 3.8) is 0 Å². The topological polar surface area (TPSA) is 21.6 Å². The molecule has 0 saturated carbocycles. The SMILES string of the molecule is FC1(F)C=C(c2ccccc2)N=C(c2ccccc2)O1. The van der Waals surface area contributed by atoms with Crippen molar-refractivity contribution in [1.82, 2.24) is 0 Å². The predicted molar refractivity (Wildman–Crippen MR) is 73.4 cm³/mol. The zero-order valence-electron chi connectivity index (χ0n) is 10.5. The van der Waals surface area contributed by atoms with Gasteiger partial charge in [-0.1, -0.05) is 48.5 Å². The Morgan fingerprint density at radius 3 is 1.95 bits per heavy atom. The number of alkyl halides is 2. The maximum absolute atomic E-state index is 13.7. The maximum Gasteiger partial charge on any atom is 0.423 e. The van der Waals surface area contributed by atoms with Crippen molar-refractivity contribution >= 4 is 11.6 Å². The Morgan fingerprint density at radius 1 is 0.800 bits per heavy atom. The van der Waals surface area contributed by atoms with Crippen LogP contribution in [0, 0.1) is 0 Å². The standard InChI is InChI=1S/C16H11F2NO/c17-16(18)11-14(12-7-3-1-4-8-12)19-15(20-16)13-9-5-2-6-10-13/h1-11H. The van der Waals surface area contributed by atoms with E-state index in [0.717, 1.165) is 6.08 Å². The first-order chi connectivity index (χ1) is 9.64. The van der Waals surface area contributed by atoms with Gasteiger partial charge >= 0.3 is 6.11 Å². The van der Waals surface area contributed by atoms with E-state index in [1.165, 1.54) is 0 Å². The van der Waals surface area contributed by atoms with Gasteiger partial charge in [-0.2, -0.15) is 8.78 Å². The van der Waals surface area contributed by atoms with Crippen molar-refractivity contribution in [3.05, 3.63) is 77.9 Å². The van der Waals surface area contributed by atoms with Crippen LogP contribution in [0.1, 0.15) is 11.1 Å². The largest absolute Gasteiger partial charge is 0.423 e. The highest BCUT2D eigenvalue weighted by Crippen LogP contribution is 2.31. The van der Waals surface area contributed by atoms with E-state index < -0.39 is 6.11 Å². The van der Waals surface area contributed by atoms with Crippen molar-refractivity contribution in [2.24, 2.45) is 4.99 Å². The molecule has 4 heteroatoms. The van der Waals surface area contributed by atoms with Gasteiger partial charge in [-0.25, -0.2) is 4.99 Å². The quantitative estimate of drug-likeness (QED) is 0.806. The van der Waals surface area contributed by atoms with Crippen LogP contribution >= 0.6 is 0 Å². The van der Waals surface area contributed by atoms with Crippen molar-refractivity contribution in [2.75, 3.05) is 0 Å². The van der Waals surface area contributed by atoms with E-state index in [0.29, 0.717) is 11.1 Å². The second-order valence-corrected chi connectivity index (χ2v) is 4.34. The molecule has 0 radical (unpaired) electrons. The lowest BCUT2D eigenvalue weighted by molar-refractivity contribution is -0.142. The van der Waals surface area contributed by atoms with Gasteiger partial charge < -0.3 is 4.74 Å². The van der Waals surface area contributed by atoms with E-state index in [1.807, 2.05) is 6.07 Å². The number of hydrogen-bond donors (Lipinski definition) is 0. The number of aliphatic imine (C=N–C) groups is 1. The molecule has 2 aromatic carbocycles. The van der Waals surface area contributed by atoms with Crippen LogP contribution in [0.5, 0.6) is 0 Å². The predicted octanol–water partition coefficient (Wildman–Crippen LogP) is 4.10. The minimum absolute atomic E-state index is 0.0723. The molecule has 2 aromatic rings.